The maximum absolute atomic E-state index is 13.9. The first-order chi connectivity index (χ1) is 16.2. The number of aromatic nitrogens is 3. The van der Waals surface area contributed by atoms with Crippen molar-refractivity contribution in [2.45, 2.75) is 44.1 Å². The summed E-state index contributed by atoms with van der Waals surface area (Å²) in [6, 6.07) is 13.1. The second-order valence-electron chi connectivity index (χ2n) is 8.96. The van der Waals surface area contributed by atoms with E-state index in [0.717, 1.165) is 64.5 Å². The van der Waals surface area contributed by atoms with E-state index in [2.05, 4.69) is 9.97 Å². The Kier molecular flexibility index (Phi) is 4.68. The Labute approximate surface area is 191 Å². The van der Waals surface area contributed by atoms with E-state index in [4.69, 9.17) is 4.98 Å². The van der Waals surface area contributed by atoms with Crippen molar-refractivity contribution in [2.75, 3.05) is 4.90 Å². The van der Waals surface area contributed by atoms with Gasteiger partial charge in [-0.3, -0.25) is 14.8 Å². The van der Waals surface area contributed by atoms with Gasteiger partial charge in [0, 0.05) is 35.1 Å². The number of rotatable bonds is 3. The van der Waals surface area contributed by atoms with Gasteiger partial charge in [0.2, 0.25) is 11.9 Å². The van der Waals surface area contributed by atoms with Crippen molar-refractivity contribution < 1.29 is 9.18 Å². The number of benzene rings is 1. The van der Waals surface area contributed by atoms with Crippen LogP contribution in [0.15, 0.2) is 67.3 Å². The zero-order valence-corrected chi connectivity index (χ0v) is 18.2. The number of carbonyl (C=O) groups excluding carboxylic acids is 1. The smallest absolute Gasteiger partial charge is 0.238 e. The summed E-state index contributed by atoms with van der Waals surface area (Å²) >= 11 is 0. The Balaban J connectivity index is 1.49. The summed E-state index contributed by atoms with van der Waals surface area (Å²) in [5.74, 6) is -0.384. The van der Waals surface area contributed by atoms with Crippen LogP contribution in [0.1, 0.15) is 43.4 Å². The molecule has 1 fully saturated rings. The third-order valence-electron chi connectivity index (χ3n) is 7.17. The Bertz CT molecular complexity index is 1360. The van der Waals surface area contributed by atoms with Crippen molar-refractivity contribution in [2.24, 2.45) is 0 Å². The molecule has 33 heavy (non-hydrogen) atoms. The number of hydrogen-bond acceptors (Lipinski definition) is 4. The summed E-state index contributed by atoms with van der Waals surface area (Å²) < 4.78 is 13.6. The molecule has 3 aromatic heterocycles. The van der Waals surface area contributed by atoms with Crippen molar-refractivity contribution in [3.8, 4) is 11.1 Å². The summed E-state index contributed by atoms with van der Waals surface area (Å²) in [4.78, 5) is 28.7. The molecule has 0 unspecified atom stereocenters. The number of carbonyl (C=O) groups is 1. The number of anilines is 1. The van der Waals surface area contributed by atoms with Crippen LogP contribution in [0.2, 0.25) is 0 Å². The second kappa shape index (κ2) is 7.73. The molecule has 1 spiro atoms. The van der Waals surface area contributed by atoms with Gasteiger partial charge in [0.25, 0.3) is 0 Å². The summed E-state index contributed by atoms with van der Waals surface area (Å²) in [5.41, 5.74) is 3.93. The SMILES string of the molecule is O=C1N(Cc2ncc3ccccc3c2-c2ccc(F)nc2)c2cnccc2C12CCCCC2. The topological polar surface area (TPSA) is 59.0 Å². The van der Waals surface area contributed by atoms with Crippen LogP contribution in [0.5, 0.6) is 0 Å². The highest BCUT2D eigenvalue weighted by atomic mass is 19.1. The Hall–Kier alpha value is -3.67. The average Bonchev–Trinajstić information content (AvgIpc) is 3.08. The van der Waals surface area contributed by atoms with Gasteiger partial charge in [0.1, 0.15) is 0 Å². The molecule has 1 saturated carbocycles. The van der Waals surface area contributed by atoms with Crippen LogP contribution in [-0.4, -0.2) is 20.9 Å². The fourth-order valence-corrected chi connectivity index (χ4v) is 5.60. The van der Waals surface area contributed by atoms with Gasteiger partial charge in [0.05, 0.1) is 29.5 Å². The summed E-state index contributed by atoms with van der Waals surface area (Å²) in [7, 11) is 0. The number of halogens is 1. The van der Waals surface area contributed by atoms with E-state index in [-0.39, 0.29) is 5.91 Å². The van der Waals surface area contributed by atoms with Gasteiger partial charge in [-0.2, -0.15) is 4.39 Å². The van der Waals surface area contributed by atoms with Gasteiger partial charge in [-0.25, -0.2) is 4.98 Å². The van der Waals surface area contributed by atoms with Crippen LogP contribution in [0.25, 0.3) is 21.9 Å². The molecule has 0 bridgehead atoms. The molecule has 0 radical (unpaired) electrons. The van der Waals surface area contributed by atoms with Crippen molar-refractivity contribution >= 4 is 22.4 Å². The molecule has 5 nitrogen and oxygen atoms in total. The minimum atomic E-state index is -0.526. The first kappa shape index (κ1) is 20.0. The average molecular weight is 439 g/mol. The predicted molar refractivity (Wildman–Crippen MR) is 125 cm³/mol. The highest BCUT2D eigenvalue weighted by molar-refractivity contribution is 6.08. The highest BCUT2D eigenvalue weighted by Crippen LogP contribution is 2.50. The molecule has 4 aromatic rings. The number of nitrogens with zero attached hydrogens (tertiary/aromatic N) is 4. The predicted octanol–water partition coefficient (Wildman–Crippen LogP) is 5.58. The highest BCUT2D eigenvalue weighted by Gasteiger charge is 2.51. The molecule has 6 rings (SSSR count). The Morgan fingerprint density at radius 1 is 0.939 bits per heavy atom. The lowest BCUT2D eigenvalue weighted by Crippen LogP contribution is -2.41. The largest absolute Gasteiger partial charge is 0.304 e. The minimum Gasteiger partial charge on any atom is -0.304 e. The van der Waals surface area contributed by atoms with Gasteiger partial charge in [-0.15, -0.1) is 0 Å². The lowest BCUT2D eigenvalue weighted by Gasteiger charge is -2.32. The van der Waals surface area contributed by atoms with Crippen molar-refractivity contribution in [1.29, 1.82) is 0 Å². The van der Waals surface area contributed by atoms with Gasteiger partial charge in [-0.05, 0) is 42.0 Å². The maximum Gasteiger partial charge on any atom is 0.238 e. The van der Waals surface area contributed by atoms with Crippen LogP contribution in [0, 0.1) is 5.95 Å². The summed E-state index contributed by atoms with van der Waals surface area (Å²) in [5, 5.41) is 1.99. The lowest BCUT2D eigenvalue weighted by atomic mass is 9.70. The van der Waals surface area contributed by atoms with Crippen LogP contribution in [-0.2, 0) is 16.8 Å². The minimum absolute atomic E-state index is 0.142. The second-order valence-corrected chi connectivity index (χ2v) is 8.96. The molecule has 0 saturated heterocycles. The lowest BCUT2D eigenvalue weighted by molar-refractivity contribution is -0.124. The van der Waals surface area contributed by atoms with E-state index in [9.17, 15) is 9.18 Å². The van der Waals surface area contributed by atoms with E-state index in [1.807, 2.05) is 41.4 Å². The molecule has 1 aliphatic carbocycles. The zero-order valence-electron chi connectivity index (χ0n) is 18.2. The Morgan fingerprint density at radius 3 is 2.61 bits per heavy atom. The summed E-state index contributed by atoms with van der Waals surface area (Å²) in [6.45, 7) is 0.330. The maximum atomic E-state index is 13.9. The van der Waals surface area contributed by atoms with E-state index in [1.54, 1.807) is 18.5 Å². The van der Waals surface area contributed by atoms with E-state index in [0.29, 0.717) is 6.54 Å². The number of hydrogen-bond donors (Lipinski definition) is 0. The molecule has 0 N–H and O–H groups in total. The van der Waals surface area contributed by atoms with Crippen LogP contribution < -0.4 is 4.90 Å². The van der Waals surface area contributed by atoms with Crippen LogP contribution >= 0.6 is 0 Å². The molecular weight excluding hydrogens is 415 g/mol. The van der Waals surface area contributed by atoms with Gasteiger partial charge in [0.15, 0.2) is 0 Å². The molecular formula is C27H23FN4O. The Morgan fingerprint density at radius 2 is 1.79 bits per heavy atom. The molecule has 2 aliphatic rings. The van der Waals surface area contributed by atoms with E-state index in [1.165, 1.54) is 18.7 Å². The molecule has 164 valence electrons. The molecule has 1 amide bonds. The summed E-state index contributed by atoms with van der Waals surface area (Å²) in [6.07, 6.45) is 12.0. The first-order valence-corrected chi connectivity index (χ1v) is 11.4. The van der Waals surface area contributed by atoms with Gasteiger partial charge >= 0.3 is 0 Å². The third-order valence-corrected chi connectivity index (χ3v) is 7.17. The molecule has 6 heteroatoms. The van der Waals surface area contributed by atoms with Gasteiger partial charge < -0.3 is 4.90 Å². The van der Waals surface area contributed by atoms with Crippen LogP contribution in [0.4, 0.5) is 10.1 Å². The first-order valence-electron chi connectivity index (χ1n) is 11.4. The molecule has 0 atom stereocenters. The zero-order chi connectivity index (χ0) is 22.4. The van der Waals surface area contributed by atoms with E-state index < -0.39 is 11.4 Å². The number of pyridine rings is 3. The van der Waals surface area contributed by atoms with Gasteiger partial charge in [-0.1, -0.05) is 43.5 Å². The third kappa shape index (κ3) is 3.12. The molecule has 4 heterocycles. The monoisotopic (exact) mass is 438 g/mol. The molecule has 1 aromatic carbocycles. The fraction of sp³-hybridized carbons (Fsp3) is 0.259. The normalized spacial score (nSPS) is 17.0. The van der Waals surface area contributed by atoms with Crippen molar-refractivity contribution in [1.82, 2.24) is 15.0 Å². The fourth-order valence-electron chi connectivity index (χ4n) is 5.60. The number of fused-ring (bicyclic) bond motifs is 3. The van der Waals surface area contributed by atoms with Crippen molar-refractivity contribution in [3.63, 3.8) is 0 Å². The molecule has 1 aliphatic heterocycles. The van der Waals surface area contributed by atoms with Crippen LogP contribution in [0.3, 0.4) is 0 Å². The standard InChI is InChI=1S/C27H23FN4O/c28-24-9-8-19(15-31-24)25-20-7-3-2-6-18(20)14-30-22(25)17-32-23-16-29-13-10-21(23)27(26(32)33)11-4-1-5-12-27/h2-3,6-10,13-16H,1,4-5,11-12,17H2. The quantitative estimate of drug-likeness (QED) is 0.392. The van der Waals surface area contributed by atoms with Crippen molar-refractivity contribution in [3.05, 3.63) is 84.5 Å². The van der Waals surface area contributed by atoms with E-state index >= 15 is 0 Å². The number of amides is 1.